The quantitative estimate of drug-likeness (QED) is 0.796. The maximum absolute atomic E-state index is 13.3. The van der Waals surface area contributed by atoms with Crippen LogP contribution in [0.2, 0.25) is 5.02 Å². The van der Waals surface area contributed by atoms with Crippen LogP contribution in [0.5, 0.6) is 0 Å². The van der Waals surface area contributed by atoms with Crippen molar-refractivity contribution in [1.82, 2.24) is 0 Å². The second-order valence-corrected chi connectivity index (χ2v) is 4.95. The summed E-state index contributed by atoms with van der Waals surface area (Å²) in [5.74, 6) is -0.312. The van der Waals surface area contributed by atoms with Crippen LogP contribution < -0.4 is 10.6 Å². The van der Waals surface area contributed by atoms with Gasteiger partial charge in [0.25, 0.3) is 0 Å². The molecule has 92 valence electrons. The first kappa shape index (κ1) is 11.4. The number of hydrogen-bond acceptors (Lipinski definition) is 2. The molecule has 1 aliphatic heterocycles. The summed E-state index contributed by atoms with van der Waals surface area (Å²) in [4.78, 5) is 2.08. The number of hydrogen-bond donors (Lipinski definition) is 1. The van der Waals surface area contributed by atoms with E-state index in [1.54, 1.807) is 6.07 Å². The van der Waals surface area contributed by atoms with E-state index in [1.165, 1.54) is 23.3 Å². The Morgan fingerprint density at radius 3 is 2.61 bits per heavy atom. The lowest BCUT2D eigenvalue weighted by Crippen LogP contribution is -2.14. The molecule has 0 bridgehead atoms. The zero-order valence-corrected chi connectivity index (χ0v) is 10.4. The van der Waals surface area contributed by atoms with Gasteiger partial charge in [0.1, 0.15) is 5.82 Å². The summed E-state index contributed by atoms with van der Waals surface area (Å²) in [6, 6.07) is 10.5. The van der Waals surface area contributed by atoms with E-state index in [1.807, 2.05) is 18.2 Å². The van der Waals surface area contributed by atoms with Crippen LogP contribution in [0, 0.1) is 5.82 Å². The van der Waals surface area contributed by atoms with E-state index in [0.29, 0.717) is 5.02 Å². The predicted octanol–water partition coefficient (Wildman–Crippen LogP) is 3.58. The Kier molecular flexibility index (Phi) is 2.63. The minimum absolute atomic E-state index is 0.312. The molecule has 4 heteroatoms. The van der Waals surface area contributed by atoms with Gasteiger partial charge in [0.15, 0.2) is 0 Å². The average molecular weight is 263 g/mol. The fourth-order valence-electron chi connectivity index (χ4n) is 2.32. The Morgan fingerprint density at radius 1 is 1.06 bits per heavy atom. The number of fused-ring (bicyclic) bond motifs is 1. The molecule has 0 saturated carbocycles. The number of nitrogens with two attached hydrogens (primary N) is 1. The molecule has 0 spiro atoms. The van der Waals surface area contributed by atoms with E-state index in [2.05, 4.69) is 4.90 Å². The summed E-state index contributed by atoms with van der Waals surface area (Å²) in [7, 11) is 0. The summed E-state index contributed by atoms with van der Waals surface area (Å²) >= 11 is 5.88. The SMILES string of the molecule is Nc1ccc2c(c1)CN(c1cc(F)cc(Cl)c1)C2. The fourth-order valence-corrected chi connectivity index (χ4v) is 2.53. The minimum Gasteiger partial charge on any atom is -0.399 e. The lowest BCUT2D eigenvalue weighted by molar-refractivity contribution is 0.627. The van der Waals surface area contributed by atoms with Gasteiger partial charge in [0.2, 0.25) is 0 Å². The smallest absolute Gasteiger partial charge is 0.126 e. The van der Waals surface area contributed by atoms with E-state index >= 15 is 0 Å². The van der Waals surface area contributed by atoms with E-state index < -0.39 is 0 Å². The minimum atomic E-state index is -0.312. The van der Waals surface area contributed by atoms with Crippen LogP contribution in [0.3, 0.4) is 0 Å². The van der Waals surface area contributed by atoms with E-state index in [4.69, 9.17) is 17.3 Å². The van der Waals surface area contributed by atoms with Crippen LogP contribution in [0.4, 0.5) is 15.8 Å². The Labute approximate surface area is 110 Å². The number of anilines is 2. The fraction of sp³-hybridized carbons (Fsp3) is 0.143. The van der Waals surface area contributed by atoms with Gasteiger partial charge in [-0.2, -0.15) is 0 Å². The van der Waals surface area contributed by atoms with Crippen LogP contribution in [-0.2, 0) is 13.1 Å². The monoisotopic (exact) mass is 262 g/mol. The van der Waals surface area contributed by atoms with Crippen molar-refractivity contribution in [3.63, 3.8) is 0 Å². The molecule has 0 aromatic heterocycles. The zero-order chi connectivity index (χ0) is 12.7. The molecule has 1 heterocycles. The van der Waals surface area contributed by atoms with Gasteiger partial charge in [-0.15, -0.1) is 0 Å². The molecule has 0 amide bonds. The Hall–Kier alpha value is -1.74. The molecule has 2 N–H and O–H groups in total. The van der Waals surface area contributed by atoms with E-state index in [-0.39, 0.29) is 5.82 Å². The van der Waals surface area contributed by atoms with Crippen molar-refractivity contribution in [2.24, 2.45) is 0 Å². The van der Waals surface area contributed by atoms with Crippen LogP contribution in [0.1, 0.15) is 11.1 Å². The number of rotatable bonds is 1. The molecule has 2 nitrogen and oxygen atoms in total. The summed E-state index contributed by atoms with van der Waals surface area (Å²) < 4.78 is 13.3. The lowest BCUT2D eigenvalue weighted by atomic mass is 10.1. The third kappa shape index (κ3) is 2.02. The van der Waals surface area contributed by atoms with Crippen LogP contribution in [-0.4, -0.2) is 0 Å². The molecule has 0 fully saturated rings. The average Bonchev–Trinajstić information content (AvgIpc) is 2.70. The van der Waals surface area contributed by atoms with Crippen LogP contribution in [0.25, 0.3) is 0 Å². The van der Waals surface area contributed by atoms with Crippen molar-refractivity contribution in [2.45, 2.75) is 13.1 Å². The molecular formula is C14H12ClFN2. The Balaban J connectivity index is 1.93. The highest BCUT2D eigenvalue weighted by Crippen LogP contribution is 2.31. The molecular weight excluding hydrogens is 251 g/mol. The first-order valence-corrected chi connectivity index (χ1v) is 6.08. The second kappa shape index (κ2) is 4.18. The molecule has 0 unspecified atom stereocenters. The molecule has 3 rings (SSSR count). The predicted molar refractivity (Wildman–Crippen MR) is 72.2 cm³/mol. The van der Waals surface area contributed by atoms with Crippen molar-refractivity contribution >= 4 is 23.0 Å². The molecule has 18 heavy (non-hydrogen) atoms. The zero-order valence-electron chi connectivity index (χ0n) is 9.66. The van der Waals surface area contributed by atoms with Gasteiger partial charge in [-0.3, -0.25) is 0 Å². The first-order valence-electron chi connectivity index (χ1n) is 5.70. The largest absolute Gasteiger partial charge is 0.399 e. The van der Waals surface area contributed by atoms with E-state index in [9.17, 15) is 4.39 Å². The first-order chi connectivity index (χ1) is 8.61. The summed E-state index contributed by atoms with van der Waals surface area (Å²) in [6.07, 6.45) is 0. The van der Waals surface area contributed by atoms with Gasteiger partial charge in [-0.05, 0) is 41.5 Å². The maximum atomic E-state index is 13.3. The highest BCUT2D eigenvalue weighted by Gasteiger charge is 2.19. The molecule has 0 atom stereocenters. The van der Waals surface area contributed by atoms with Gasteiger partial charge in [-0.25, -0.2) is 4.39 Å². The Bertz CT molecular complexity index is 592. The number of halogens is 2. The van der Waals surface area contributed by atoms with E-state index in [0.717, 1.165) is 24.5 Å². The van der Waals surface area contributed by atoms with Crippen molar-refractivity contribution in [3.05, 3.63) is 58.4 Å². The lowest BCUT2D eigenvalue weighted by Gasteiger charge is -2.18. The van der Waals surface area contributed by atoms with Gasteiger partial charge in [0, 0.05) is 29.5 Å². The maximum Gasteiger partial charge on any atom is 0.126 e. The summed E-state index contributed by atoms with van der Waals surface area (Å²) in [5.41, 5.74) is 9.74. The second-order valence-electron chi connectivity index (χ2n) is 4.51. The normalized spacial score (nSPS) is 13.8. The molecule has 0 saturated heterocycles. The van der Waals surface area contributed by atoms with Gasteiger partial charge in [-0.1, -0.05) is 17.7 Å². The highest BCUT2D eigenvalue weighted by atomic mass is 35.5. The van der Waals surface area contributed by atoms with Crippen molar-refractivity contribution in [3.8, 4) is 0 Å². The van der Waals surface area contributed by atoms with Gasteiger partial charge >= 0.3 is 0 Å². The van der Waals surface area contributed by atoms with Gasteiger partial charge in [0.05, 0.1) is 0 Å². The number of benzene rings is 2. The third-order valence-electron chi connectivity index (χ3n) is 3.17. The number of nitrogen functional groups attached to an aromatic ring is 1. The van der Waals surface area contributed by atoms with Crippen molar-refractivity contribution in [2.75, 3.05) is 10.6 Å². The number of nitrogens with zero attached hydrogens (tertiary/aromatic N) is 1. The van der Waals surface area contributed by atoms with Gasteiger partial charge < -0.3 is 10.6 Å². The third-order valence-corrected chi connectivity index (χ3v) is 3.38. The standard InChI is InChI=1S/C14H12ClFN2/c15-11-4-12(16)6-14(5-11)18-7-9-1-2-13(17)3-10(9)8-18/h1-6H,7-8,17H2. The van der Waals surface area contributed by atoms with Crippen molar-refractivity contribution in [1.29, 1.82) is 0 Å². The van der Waals surface area contributed by atoms with Crippen LogP contribution >= 0.6 is 11.6 Å². The highest BCUT2D eigenvalue weighted by molar-refractivity contribution is 6.30. The molecule has 2 aromatic carbocycles. The molecule has 0 aliphatic carbocycles. The molecule has 2 aromatic rings. The molecule has 0 radical (unpaired) electrons. The molecule has 1 aliphatic rings. The van der Waals surface area contributed by atoms with Crippen molar-refractivity contribution < 1.29 is 4.39 Å². The summed E-state index contributed by atoms with van der Waals surface area (Å²) in [5, 5.41) is 0.417. The summed E-state index contributed by atoms with van der Waals surface area (Å²) in [6.45, 7) is 1.50. The Morgan fingerprint density at radius 2 is 1.83 bits per heavy atom. The topological polar surface area (TPSA) is 29.3 Å². The van der Waals surface area contributed by atoms with Crippen LogP contribution in [0.15, 0.2) is 36.4 Å².